The van der Waals surface area contributed by atoms with Gasteiger partial charge in [-0.25, -0.2) is 13.4 Å². The van der Waals surface area contributed by atoms with Crippen LogP contribution in [0.15, 0.2) is 12.3 Å². The number of pyridine rings is 1. The van der Waals surface area contributed by atoms with Gasteiger partial charge in [0.25, 0.3) is 0 Å². The fourth-order valence-corrected chi connectivity index (χ4v) is 3.73. The van der Waals surface area contributed by atoms with E-state index in [1.54, 1.807) is 6.20 Å². The molecule has 1 aliphatic heterocycles. The maximum absolute atomic E-state index is 11.6. The topological polar surface area (TPSA) is 85.1 Å². The van der Waals surface area contributed by atoms with Crippen LogP contribution in [0.2, 0.25) is 0 Å². The number of hydrogen-bond acceptors (Lipinski definition) is 5. The van der Waals surface area contributed by atoms with Crippen LogP contribution in [0, 0.1) is 6.92 Å². The largest absolute Gasteiger partial charge is 0.397 e. The van der Waals surface area contributed by atoms with Crippen molar-refractivity contribution >= 4 is 21.3 Å². The Morgan fingerprint density at radius 2 is 2.35 bits per heavy atom. The Balaban J connectivity index is 2.00. The number of nitrogen functional groups attached to an aromatic ring is 1. The molecule has 1 aromatic heterocycles. The van der Waals surface area contributed by atoms with Crippen LogP contribution in [0.25, 0.3) is 0 Å². The summed E-state index contributed by atoms with van der Waals surface area (Å²) >= 11 is 0. The SMILES string of the molecule is Cc1cc(NCC2CCCS2(=O)=O)ncc1N. The zero-order valence-corrected chi connectivity index (χ0v) is 10.6. The number of rotatable bonds is 3. The molecule has 1 aliphatic rings. The van der Waals surface area contributed by atoms with E-state index in [0.29, 0.717) is 23.8 Å². The summed E-state index contributed by atoms with van der Waals surface area (Å²) in [6.45, 7) is 2.33. The van der Waals surface area contributed by atoms with E-state index in [1.807, 2.05) is 13.0 Å². The second kappa shape index (κ2) is 4.52. The molecule has 1 unspecified atom stereocenters. The zero-order valence-electron chi connectivity index (χ0n) is 9.81. The molecule has 17 heavy (non-hydrogen) atoms. The molecule has 1 atom stereocenters. The molecule has 94 valence electrons. The first-order valence-corrected chi connectivity index (χ1v) is 7.38. The Morgan fingerprint density at radius 3 is 2.94 bits per heavy atom. The van der Waals surface area contributed by atoms with Crippen molar-refractivity contribution < 1.29 is 8.42 Å². The summed E-state index contributed by atoms with van der Waals surface area (Å²) in [6.07, 6.45) is 3.09. The third kappa shape index (κ3) is 2.69. The number of aromatic nitrogens is 1. The van der Waals surface area contributed by atoms with E-state index >= 15 is 0 Å². The van der Waals surface area contributed by atoms with E-state index in [0.717, 1.165) is 18.4 Å². The number of aryl methyl sites for hydroxylation is 1. The molecule has 1 aromatic rings. The lowest BCUT2D eigenvalue weighted by Crippen LogP contribution is -2.25. The molecule has 1 saturated heterocycles. The summed E-state index contributed by atoms with van der Waals surface area (Å²) < 4.78 is 23.2. The quantitative estimate of drug-likeness (QED) is 0.840. The summed E-state index contributed by atoms with van der Waals surface area (Å²) in [6, 6.07) is 1.83. The first-order chi connectivity index (χ1) is 7.99. The minimum absolute atomic E-state index is 0.276. The highest BCUT2D eigenvalue weighted by Gasteiger charge is 2.30. The molecule has 6 heteroatoms. The molecule has 0 aliphatic carbocycles. The van der Waals surface area contributed by atoms with Gasteiger partial charge in [0.2, 0.25) is 0 Å². The molecule has 1 fully saturated rings. The summed E-state index contributed by atoms with van der Waals surface area (Å²) in [5.74, 6) is 0.992. The standard InChI is InChI=1S/C11H17N3O2S/c1-8-5-11(14-7-10(8)12)13-6-9-3-2-4-17(9,15)16/h5,7,9H,2-4,6,12H2,1H3,(H,13,14). The predicted octanol–water partition coefficient (Wildman–Crippen LogP) is 0.961. The van der Waals surface area contributed by atoms with E-state index in [9.17, 15) is 8.42 Å². The van der Waals surface area contributed by atoms with Crippen LogP contribution < -0.4 is 11.1 Å². The summed E-state index contributed by atoms with van der Waals surface area (Å²) in [5.41, 5.74) is 7.25. The van der Waals surface area contributed by atoms with Crippen LogP contribution in [0.1, 0.15) is 18.4 Å². The molecule has 0 radical (unpaired) electrons. The molecule has 5 nitrogen and oxygen atoms in total. The van der Waals surface area contributed by atoms with E-state index in [-0.39, 0.29) is 5.25 Å². The third-order valence-corrected chi connectivity index (χ3v) is 5.40. The summed E-state index contributed by atoms with van der Waals surface area (Å²) in [5, 5.41) is 2.79. The lowest BCUT2D eigenvalue weighted by molar-refractivity contribution is 0.591. The lowest BCUT2D eigenvalue weighted by Gasteiger charge is -2.12. The van der Waals surface area contributed by atoms with E-state index < -0.39 is 9.84 Å². The number of sulfone groups is 1. The highest BCUT2D eigenvalue weighted by molar-refractivity contribution is 7.92. The van der Waals surface area contributed by atoms with Crippen molar-refractivity contribution in [2.45, 2.75) is 25.0 Å². The van der Waals surface area contributed by atoms with E-state index in [4.69, 9.17) is 5.73 Å². The Bertz CT molecular complexity index is 513. The number of nitrogens with two attached hydrogens (primary N) is 1. The van der Waals surface area contributed by atoms with Crippen molar-refractivity contribution in [2.75, 3.05) is 23.3 Å². The van der Waals surface area contributed by atoms with E-state index in [2.05, 4.69) is 10.3 Å². The zero-order chi connectivity index (χ0) is 12.5. The normalized spacial score (nSPS) is 22.5. The Hall–Kier alpha value is -1.30. The van der Waals surface area contributed by atoms with Gasteiger partial charge in [-0.15, -0.1) is 0 Å². The molecule has 2 rings (SSSR count). The predicted molar refractivity (Wildman–Crippen MR) is 68.7 cm³/mol. The van der Waals surface area contributed by atoms with Crippen molar-refractivity contribution in [3.63, 3.8) is 0 Å². The van der Waals surface area contributed by atoms with Crippen molar-refractivity contribution in [1.29, 1.82) is 0 Å². The monoisotopic (exact) mass is 255 g/mol. The third-order valence-electron chi connectivity index (χ3n) is 3.12. The fourth-order valence-electron chi connectivity index (χ4n) is 1.97. The number of hydrogen-bond donors (Lipinski definition) is 2. The maximum atomic E-state index is 11.6. The van der Waals surface area contributed by atoms with Crippen LogP contribution in [0.3, 0.4) is 0 Å². The maximum Gasteiger partial charge on any atom is 0.154 e. The highest BCUT2D eigenvalue weighted by Crippen LogP contribution is 2.20. The van der Waals surface area contributed by atoms with Gasteiger partial charge < -0.3 is 11.1 Å². The Morgan fingerprint density at radius 1 is 1.59 bits per heavy atom. The second-order valence-electron chi connectivity index (χ2n) is 4.44. The van der Waals surface area contributed by atoms with Gasteiger partial charge in [-0.05, 0) is 31.4 Å². The van der Waals surface area contributed by atoms with Crippen molar-refractivity contribution in [1.82, 2.24) is 4.98 Å². The van der Waals surface area contributed by atoms with Gasteiger partial charge >= 0.3 is 0 Å². The van der Waals surface area contributed by atoms with Gasteiger partial charge in [-0.1, -0.05) is 0 Å². The smallest absolute Gasteiger partial charge is 0.154 e. The van der Waals surface area contributed by atoms with Crippen LogP contribution in [-0.2, 0) is 9.84 Å². The van der Waals surface area contributed by atoms with Gasteiger partial charge in [0.1, 0.15) is 5.82 Å². The Kier molecular flexibility index (Phi) is 3.24. The van der Waals surface area contributed by atoms with Crippen LogP contribution >= 0.6 is 0 Å². The van der Waals surface area contributed by atoms with Crippen molar-refractivity contribution in [3.8, 4) is 0 Å². The summed E-state index contributed by atoms with van der Waals surface area (Å²) in [7, 11) is -2.89. The number of nitrogens with one attached hydrogen (secondary N) is 1. The van der Waals surface area contributed by atoms with Gasteiger partial charge in [0.15, 0.2) is 9.84 Å². The van der Waals surface area contributed by atoms with Crippen molar-refractivity contribution in [2.24, 2.45) is 0 Å². The average molecular weight is 255 g/mol. The molecule has 0 amide bonds. The number of nitrogens with zero attached hydrogens (tertiary/aromatic N) is 1. The first kappa shape index (κ1) is 12.2. The minimum Gasteiger partial charge on any atom is -0.397 e. The molecule has 0 aromatic carbocycles. The van der Waals surface area contributed by atoms with Crippen LogP contribution in [0.5, 0.6) is 0 Å². The molecule has 0 bridgehead atoms. The first-order valence-electron chi connectivity index (χ1n) is 5.66. The van der Waals surface area contributed by atoms with Crippen LogP contribution in [0.4, 0.5) is 11.5 Å². The molecule has 0 saturated carbocycles. The minimum atomic E-state index is -2.89. The van der Waals surface area contributed by atoms with Gasteiger partial charge in [-0.2, -0.15) is 0 Å². The van der Waals surface area contributed by atoms with Gasteiger partial charge in [0.05, 0.1) is 22.9 Å². The van der Waals surface area contributed by atoms with E-state index in [1.165, 1.54) is 0 Å². The number of anilines is 2. The van der Waals surface area contributed by atoms with Gasteiger partial charge in [0, 0.05) is 6.54 Å². The molecular formula is C11H17N3O2S. The van der Waals surface area contributed by atoms with Crippen molar-refractivity contribution in [3.05, 3.63) is 17.8 Å². The average Bonchev–Trinajstić information content (AvgIpc) is 2.60. The molecule has 2 heterocycles. The molecular weight excluding hydrogens is 238 g/mol. The molecule has 0 spiro atoms. The fraction of sp³-hybridized carbons (Fsp3) is 0.545. The molecule has 3 N–H and O–H groups in total. The summed E-state index contributed by atoms with van der Waals surface area (Å²) in [4.78, 5) is 4.12. The van der Waals surface area contributed by atoms with Crippen LogP contribution in [-0.4, -0.2) is 30.9 Å². The highest BCUT2D eigenvalue weighted by atomic mass is 32.2. The van der Waals surface area contributed by atoms with Gasteiger partial charge in [-0.3, -0.25) is 0 Å². The Labute approximate surface area is 101 Å². The lowest BCUT2D eigenvalue weighted by atomic mass is 10.2. The second-order valence-corrected chi connectivity index (χ2v) is 6.84.